The first-order valence-electron chi connectivity index (χ1n) is 12.6. The molecule has 7 nitrogen and oxygen atoms in total. The van der Waals surface area contributed by atoms with Crippen LogP contribution in [0.1, 0.15) is 62.0 Å². The monoisotopic (exact) mass is 476 g/mol. The second-order valence-electron chi connectivity index (χ2n) is 10.1. The summed E-state index contributed by atoms with van der Waals surface area (Å²) in [7, 11) is 0. The summed E-state index contributed by atoms with van der Waals surface area (Å²) in [6.45, 7) is 0.267. The molecule has 2 aromatic rings. The number of carboxylic acids is 1. The topological polar surface area (TPSA) is 105 Å². The molecule has 3 aliphatic rings. The lowest BCUT2D eigenvalue weighted by Crippen LogP contribution is -2.42. The molecule has 5 rings (SSSR count). The van der Waals surface area contributed by atoms with Crippen LogP contribution in [0.15, 0.2) is 48.5 Å². The molecule has 35 heavy (non-hydrogen) atoms. The summed E-state index contributed by atoms with van der Waals surface area (Å²) in [5.74, 6) is -1.34. The Kier molecular flexibility index (Phi) is 6.75. The van der Waals surface area contributed by atoms with E-state index in [0.29, 0.717) is 25.7 Å². The third-order valence-electron chi connectivity index (χ3n) is 7.84. The summed E-state index contributed by atoms with van der Waals surface area (Å²) in [6.07, 6.45) is 4.37. The van der Waals surface area contributed by atoms with E-state index in [2.05, 4.69) is 34.9 Å². The van der Waals surface area contributed by atoms with Crippen molar-refractivity contribution in [3.8, 4) is 11.1 Å². The van der Waals surface area contributed by atoms with Crippen molar-refractivity contribution in [2.75, 3.05) is 6.61 Å². The molecule has 0 radical (unpaired) electrons. The van der Waals surface area contributed by atoms with E-state index >= 15 is 0 Å². The van der Waals surface area contributed by atoms with Crippen molar-refractivity contribution >= 4 is 18.0 Å². The van der Waals surface area contributed by atoms with Gasteiger partial charge >= 0.3 is 12.1 Å². The van der Waals surface area contributed by atoms with Crippen molar-refractivity contribution in [1.29, 1.82) is 0 Å². The molecule has 2 saturated carbocycles. The molecule has 2 fully saturated rings. The Morgan fingerprint density at radius 3 is 2.11 bits per heavy atom. The number of amides is 2. The number of carboxylic acid groups (broad SMARTS) is 1. The molecule has 184 valence electrons. The maximum atomic E-state index is 12.8. The quantitative estimate of drug-likeness (QED) is 0.571. The van der Waals surface area contributed by atoms with Crippen LogP contribution in [-0.4, -0.2) is 41.8 Å². The Hall–Kier alpha value is -3.35. The third-order valence-corrected chi connectivity index (χ3v) is 7.84. The van der Waals surface area contributed by atoms with Crippen molar-refractivity contribution in [3.05, 3.63) is 59.7 Å². The van der Waals surface area contributed by atoms with Crippen LogP contribution >= 0.6 is 0 Å². The molecule has 0 saturated heterocycles. The summed E-state index contributed by atoms with van der Waals surface area (Å²) < 4.78 is 5.65. The number of benzene rings is 2. The van der Waals surface area contributed by atoms with Gasteiger partial charge in [0.25, 0.3) is 0 Å². The molecule has 3 aliphatic carbocycles. The van der Waals surface area contributed by atoms with E-state index in [4.69, 9.17) is 4.74 Å². The predicted octanol–water partition coefficient (Wildman–Crippen LogP) is 4.45. The van der Waals surface area contributed by atoms with Crippen molar-refractivity contribution in [1.82, 2.24) is 10.6 Å². The minimum atomic E-state index is -0.780. The zero-order chi connectivity index (χ0) is 24.4. The molecule has 2 aromatic carbocycles. The van der Waals surface area contributed by atoms with E-state index in [0.717, 1.165) is 19.3 Å². The number of aliphatic carboxylic acids is 1. The van der Waals surface area contributed by atoms with E-state index in [1.807, 2.05) is 24.3 Å². The first-order chi connectivity index (χ1) is 17.0. The van der Waals surface area contributed by atoms with Crippen LogP contribution in [0.3, 0.4) is 0 Å². The minimum Gasteiger partial charge on any atom is -0.481 e. The van der Waals surface area contributed by atoms with E-state index in [1.165, 1.54) is 22.3 Å². The number of carbonyl (C=O) groups excluding carboxylic acids is 2. The predicted molar refractivity (Wildman–Crippen MR) is 131 cm³/mol. The maximum absolute atomic E-state index is 12.8. The summed E-state index contributed by atoms with van der Waals surface area (Å²) in [4.78, 5) is 36.6. The minimum absolute atomic E-state index is 0.0142. The average Bonchev–Trinajstić information content (AvgIpc) is 3.46. The van der Waals surface area contributed by atoms with Crippen molar-refractivity contribution < 1.29 is 24.2 Å². The van der Waals surface area contributed by atoms with Crippen molar-refractivity contribution in [3.63, 3.8) is 0 Å². The molecule has 0 aliphatic heterocycles. The van der Waals surface area contributed by atoms with Gasteiger partial charge in [0.2, 0.25) is 5.91 Å². The highest BCUT2D eigenvalue weighted by atomic mass is 16.5. The molecule has 0 bridgehead atoms. The molecule has 2 unspecified atom stereocenters. The lowest BCUT2D eigenvalue weighted by Gasteiger charge is -2.28. The molecular weight excluding hydrogens is 444 g/mol. The van der Waals surface area contributed by atoms with Crippen LogP contribution in [0.25, 0.3) is 11.1 Å². The summed E-state index contributed by atoms with van der Waals surface area (Å²) in [5.41, 5.74) is 4.72. The smallest absolute Gasteiger partial charge is 0.407 e. The largest absolute Gasteiger partial charge is 0.481 e. The lowest BCUT2D eigenvalue weighted by atomic mass is 9.85. The second-order valence-corrected chi connectivity index (χ2v) is 10.1. The molecular formula is C28H32N2O5. The van der Waals surface area contributed by atoms with Crippen LogP contribution in [0, 0.1) is 11.8 Å². The fourth-order valence-corrected chi connectivity index (χ4v) is 6.02. The Morgan fingerprint density at radius 1 is 0.800 bits per heavy atom. The normalized spacial score (nSPS) is 25.4. The van der Waals surface area contributed by atoms with Crippen LogP contribution in [0.5, 0.6) is 0 Å². The molecule has 3 N–H and O–H groups in total. The van der Waals surface area contributed by atoms with E-state index in [1.54, 1.807) is 0 Å². The van der Waals surface area contributed by atoms with Gasteiger partial charge < -0.3 is 20.5 Å². The molecule has 0 aromatic heterocycles. The lowest BCUT2D eigenvalue weighted by molar-refractivity contribution is -0.143. The fraction of sp³-hybridized carbons (Fsp3) is 0.464. The number of carbonyl (C=O) groups is 3. The van der Waals surface area contributed by atoms with Gasteiger partial charge in [-0.2, -0.15) is 0 Å². The summed E-state index contributed by atoms with van der Waals surface area (Å²) in [6, 6.07) is 16.3. The summed E-state index contributed by atoms with van der Waals surface area (Å²) >= 11 is 0. The van der Waals surface area contributed by atoms with E-state index < -0.39 is 12.1 Å². The second kappa shape index (κ2) is 10.1. The molecule has 0 spiro atoms. The fourth-order valence-electron chi connectivity index (χ4n) is 6.02. The maximum Gasteiger partial charge on any atom is 0.407 e. The molecule has 4 atom stereocenters. The van der Waals surface area contributed by atoms with Crippen LogP contribution in [0.2, 0.25) is 0 Å². The standard InChI is InChI=1S/C28H32N2O5/c31-26(29-19-7-5-6-18(15-19)27(32)33)17-12-13-20(14-17)30-28(34)35-16-25-23-10-3-1-8-21(23)22-9-2-4-11-24(22)25/h1-4,8-11,17-20,25H,5-7,12-16H2,(H,29,31)(H,30,34)(H,32,33)/t17-,18?,19?,20+/m1/s1. The number of ether oxygens (including phenoxy) is 1. The zero-order valence-corrected chi connectivity index (χ0v) is 19.7. The number of hydrogen-bond donors (Lipinski definition) is 3. The van der Waals surface area contributed by atoms with Gasteiger partial charge in [0.1, 0.15) is 6.61 Å². The number of hydrogen-bond acceptors (Lipinski definition) is 4. The van der Waals surface area contributed by atoms with Gasteiger partial charge in [-0.25, -0.2) is 4.79 Å². The van der Waals surface area contributed by atoms with Crippen LogP contribution < -0.4 is 10.6 Å². The van der Waals surface area contributed by atoms with Gasteiger partial charge in [0, 0.05) is 23.9 Å². The van der Waals surface area contributed by atoms with Gasteiger partial charge in [0.15, 0.2) is 0 Å². The van der Waals surface area contributed by atoms with Gasteiger partial charge in [-0.15, -0.1) is 0 Å². The highest BCUT2D eigenvalue weighted by Crippen LogP contribution is 2.44. The number of rotatable bonds is 6. The van der Waals surface area contributed by atoms with Crippen LogP contribution in [0.4, 0.5) is 4.79 Å². The van der Waals surface area contributed by atoms with E-state index in [9.17, 15) is 19.5 Å². The number of fused-ring (bicyclic) bond motifs is 3. The highest BCUT2D eigenvalue weighted by molar-refractivity contribution is 5.80. The van der Waals surface area contributed by atoms with Gasteiger partial charge in [-0.05, 0) is 60.8 Å². The summed E-state index contributed by atoms with van der Waals surface area (Å²) in [5, 5.41) is 15.3. The molecule has 2 amide bonds. The Labute approximate surface area is 205 Å². The Morgan fingerprint density at radius 2 is 1.43 bits per heavy atom. The van der Waals surface area contributed by atoms with Gasteiger partial charge in [-0.1, -0.05) is 55.0 Å². The third kappa shape index (κ3) is 5.04. The SMILES string of the molecule is O=C(N[C@H]1CC[C@@H](C(=O)NC2CCCC(C(=O)O)C2)C1)OCC1c2ccccc2-c2ccccc21. The van der Waals surface area contributed by atoms with Crippen LogP contribution in [-0.2, 0) is 14.3 Å². The molecule has 7 heteroatoms. The number of nitrogens with one attached hydrogen (secondary N) is 2. The highest BCUT2D eigenvalue weighted by Gasteiger charge is 2.34. The first kappa shape index (κ1) is 23.4. The Bertz CT molecular complexity index is 1070. The van der Waals surface area contributed by atoms with Gasteiger partial charge in [0.05, 0.1) is 5.92 Å². The van der Waals surface area contributed by atoms with E-state index in [-0.39, 0.29) is 42.4 Å². The Balaban J connectivity index is 1.10. The van der Waals surface area contributed by atoms with Crippen molar-refractivity contribution in [2.24, 2.45) is 11.8 Å². The molecule has 0 heterocycles. The van der Waals surface area contributed by atoms with Crippen molar-refractivity contribution in [2.45, 2.75) is 62.9 Å². The number of alkyl carbamates (subject to hydrolysis) is 1. The first-order valence-corrected chi connectivity index (χ1v) is 12.6. The van der Waals surface area contributed by atoms with Gasteiger partial charge in [-0.3, -0.25) is 9.59 Å². The zero-order valence-electron chi connectivity index (χ0n) is 19.7. The average molecular weight is 477 g/mol.